The molecule has 0 atom stereocenters. The summed E-state index contributed by atoms with van der Waals surface area (Å²) in [7, 11) is 3.35. The van der Waals surface area contributed by atoms with Crippen molar-refractivity contribution in [2.24, 2.45) is 11.5 Å². The molecule has 0 aromatic heterocycles. The fourth-order valence-corrected chi connectivity index (χ4v) is 0.455. The van der Waals surface area contributed by atoms with E-state index in [1.165, 1.54) is 0 Å². The maximum Gasteiger partial charge on any atom is 2.00 e. The van der Waals surface area contributed by atoms with Crippen molar-refractivity contribution in [1.82, 2.24) is 0 Å². The molecule has 0 radical (unpaired) electrons. The fourth-order valence-electron chi connectivity index (χ4n) is 0.455. The molecule has 0 rings (SSSR count). The smallest absolute Gasteiger partial charge is 1.00 e. The summed E-state index contributed by atoms with van der Waals surface area (Å²) in [6, 6.07) is 0. The first kappa shape index (κ1) is 29.8. The largest absolute Gasteiger partial charge is 2.00 e. The molecule has 0 aliphatic rings. The minimum Gasteiger partial charge on any atom is -1.00 e. The Labute approximate surface area is 120 Å². The zero-order chi connectivity index (χ0) is 9.66. The first-order chi connectivity index (χ1) is 5.83. The van der Waals surface area contributed by atoms with E-state index in [1.807, 2.05) is 0 Å². The molecule has 0 aliphatic carbocycles. The molecule has 0 aromatic carbocycles. The van der Waals surface area contributed by atoms with Crippen molar-refractivity contribution in [2.75, 3.05) is 40.5 Å². The predicted molar refractivity (Wildman–Crippen MR) is 51.1 cm³/mol. The van der Waals surface area contributed by atoms with Gasteiger partial charge in [-0.15, -0.1) is 0 Å². The molecule has 0 aromatic rings. The standard InChI is InChI=1S/2C4H11NO.2ClH.Pt/c2*1-6-4-2-3-5;;;/h2*2-5H2,1H3;2*1H;/q;;;;+2/p-2. The Morgan fingerprint density at radius 3 is 1.13 bits per heavy atom. The van der Waals surface area contributed by atoms with E-state index in [0.717, 1.165) is 39.1 Å². The van der Waals surface area contributed by atoms with Crippen LogP contribution in [0.1, 0.15) is 12.8 Å². The van der Waals surface area contributed by atoms with Crippen LogP contribution in [-0.4, -0.2) is 40.5 Å². The van der Waals surface area contributed by atoms with Crippen molar-refractivity contribution in [3.8, 4) is 0 Å². The van der Waals surface area contributed by atoms with E-state index in [9.17, 15) is 0 Å². The van der Waals surface area contributed by atoms with Crippen LogP contribution in [0, 0.1) is 0 Å². The number of hydrogen-bond donors (Lipinski definition) is 2. The van der Waals surface area contributed by atoms with Crippen LogP contribution in [0.15, 0.2) is 0 Å². The topological polar surface area (TPSA) is 70.5 Å². The van der Waals surface area contributed by atoms with Gasteiger partial charge in [0.1, 0.15) is 0 Å². The van der Waals surface area contributed by atoms with Crippen LogP contribution in [0.3, 0.4) is 0 Å². The summed E-state index contributed by atoms with van der Waals surface area (Å²) in [6.45, 7) is 3.04. The van der Waals surface area contributed by atoms with Gasteiger partial charge in [-0.05, 0) is 25.9 Å². The first-order valence-electron chi connectivity index (χ1n) is 4.21. The van der Waals surface area contributed by atoms with Gasteiger partial charge >= 0.3 is 21.1 Å². The predicted octanol–water partition coefficient (Wildman–Crippen LogP) is -6.03. The van der Waals surface area contributed by atoms with Gasteiger partial charge in [0.25, 0.3) is 0 Å². The number of ether oxygens (including phenoxy) is 2. The minimum absolute atomic E-state index is 0. The molecule has 7 heteroatoms. The van der Waals surface area contributed by atoms with Gasteiger partial charge in [-0.2, -0.15) is 0 Å². The van der Waals surface area contributed by atoms with Crippen LogP contribution in [0.25, 0.3) is 0 Å². The normalized spacial score (nSPS) is 7.20. The molecule has 0 amide bonds. The Kier molecular flexibility index (Phi) is 72.0. The summed E-state index contributed by atoms with van der Waals surface area (Å²) in [4.78, 5) is 0. The van der Waals surface area contributed by atoms with Gasteiger partial charge in [-0.1, -0.05) is 0 Å². The molecule has 0 bridgehead atoms. The van der Waals surface area contributed by atoms with E-state index < -0.39 is 0 Å². The molecule has 0 fully saturated rings. The number of hydrogen-bond acceptors (Lipinski definition) is 4. The summed E-state index contributed by atoms with van der Waals surface area (Å²) in [5, 5.41) is 0. The second-order valence-corrected chi connectivity index (χ2v) is 2.27. The maximum atomic E-state index is 5.13. The molecule has 0 spiro atoms. The molecule has 0 aliphatic heterocycles. The Morgan fingerprint density at radius 1 is 0.800 bits per heavy atom. The van der Waals surface area contributed by atoms with E-state index >= 15 is 0 Å². The molecule has 0 saturated carbocycles. The van der Waals surface area contributed by atoms with Gasteiger partial charge in [0, 0.05) is 27.4 Å². The van der Waals surface area contributed by atoms with Gasteiger partial charge in [0.2, 0.25) is 0 Å². The van der Waals surface area contributed by atoms with Crippen molar-refractivity contribution in [2.45, 2.75) is 12.8 Å². The van der Waals surface area contributed by atoms with Crippen LogP contribution in [0.4, 0.5) is 0 Å². The van der Waals surface area contributed by atoms with Crippen LogP contribution in [0.2, 0.25) is 0 Å². The summed E-state index contributed by atoms with van der Waals surface area (Å²) in [6.07, 6.45) is 1.94. The van der Waals surface area contributed by atoms with E-state index in [2.05, 4.69) is 0 Å². The van der Waals surface area contributed by atoms with Gasteiger partial charge in [-0.25, -0.2) is 0 Å². The quantitative estimate of drug-likeness (QED) is 0.401. The zero-order valence-corrected chi connectivity index (χ0v) is 13.1. The molecule has 0 saturated heterocycles. The Morgan fingerprint density at radius 2 is 1.07 bits per heavy atom. The van der Waals surface area contributed by atoms with E-state index in [4.69, 9.17) is 20.9 Å². The zero-order valence-electron chi connectivity index (χ0n) is 9.29. The van der Waals surface area contributed by atoms with Crippen molar-refractivity contribution in [1.29, 1.82) is 0 Å². The monoisotopic (exact) mass is 443 g/mol. The van der Waals surface area contributed by atoms with Gasteiger partial charge in [-0.3, -0.25) is 0 Å². The molecule has 4 nitrogen and oxygen atoms in total. The van der Waals surface area contributed by atoms with Crippen LogP contribution in [0.5, 0.6) is 0 Å². The van der Waals surface area contributed by atoms with E-state index in [1.54, 1.807) is 14.2 Å². The van der Waals surface area contributed by atoms with Crippen molar-refractivity contribution < 1.29 is 55.4 Å². The van der Waals surface area contributed by atoms with Crippen molar-refractivity contribution in [3.05, 3.63) is 0 Å². The third kappa shape index (κ3) is 51.4. The molecular weight excluding hydrogens is 422 g/mol. The summed E-state index contributed by atoms with van der Waals surface area (Å²) in [5.41, 5.74) is 10.3. The molecule has 0 unspecified atom stereocenters. The van der Waals surface area contributed by atoms with Crippen LogP contribution >= 0.6 is 0 Å². The number of nitrogens with two attached hydrogens (primary N) is 2. The summed E-state index contributed by atoms with van der Waals surface area (Å²) in [5.74, 6) is 0. The SMILES string of the molecule is COCCCN.COCCCN.[Cl-].[Cl-].[Pt+2]. The van der Waals surface area contributed by atoms with Gasteiger partial charge in [0.05, 0.1) is 0 Å². The molecule has 15 heavy (non-hydrogen) atoms. The molecule has 0 heterocycles. The third-order valence-corrected chi connectivity index (χ3v) is 1.11. The molecule has 100 valence electrons. The summed E-state index contributed by atoms with van der Waals surface area (Å²) < 4.78 is 9.40. The number of halogens is 2. The molecular formula is C8H22Cl2N2O2Pt. The van der Waals surface area contributed by atoms with Crippen LogP contribution < -0.4 is 36.3 Å². The summed E-state index contributed by atoms with van der Waals surface area (Å²) >= 11 is 0. The van der Waals surface area contributed by atoms with E-state index in [-0.39, 0.29) is 45.9 Å². The average Bonchev–Trinajstić information content (AvgIpc) is 2.12. The average molecular weight is 444 g/mol. The van der Waals surface area contributed by atoms with Crippen LogP contribution in [-0.2, 0) is 30.5 Å². The van der Waals surface area contributed by atoms with Crippen molar-refractivity contribution >= 4 is 0 Å². The van der Waals surface area contributed by atoms with E-state index in [0.29, 0.717) is 0 Å². The van der Waals surface area contributed by atoms with Crippen molar-refractivity contribution in [3.63, 3.8) is 0 Å². The second-order valence-electron chi connectivity index (χ2n) is 2.27. The number of rotatable bonds is 6. The molecule has 4 N–H and O–H groups in total. The Balaban J connectivity index is -0.0000000370. The van der Waals surface area contributed by atoms with Gasteiger partial charge < -0.3 is 45.8 Å². The first-order valence-corrected chi connectivity index (χ1v) is 4.21. The third-order valence-electron chi connectivity index (χ3n) is 1.11. The second kappa shape index (κ2) is 36.2. The number of methoxy groups -OCH3 is 2. The fraction of sp³-hybridized carbons (Fsp3) is 1.00. The minimum atomic E-state index is 0. The van der Waals surface area contributed by atoms with Gasteiger partial charge in [0.15, 0.2) is 0 Å². The Bertz CT molecular complexity index is 60.6. The Hall–Kier alpha value is 1.11. The maximum absolute atomic E-state index is 5.13.